The van der Waals surface area contributed by atoms with E-state index < -0.39 is 0 Å². The second kappa shape index (κ2) is 5.04. The second-order valence-corrected chi connectivity index (χ2v) is 4.13. The molecule has 0 bridgehead atoms. The van der Waals surface area contributed by atoms with Gasteiger partial charge in [-0.3, -0.25) is 4.98 Å². The van der Waals surface area contributed by atoms with Crippen LogP contribution in [0.15, 0.2) is 24.4 Å². The van der Waals surface area contributed by atoms with Gasteiger partial charge in [-0.15, -0.1) is 0 Å². The summed E-state index contributed by atoms with van der Waals surface area (Å²) >= 11 is 0. The van der Waals surface area contributed by atoms with Gasteiger partial charge in [0.1, 0.15) is 0 Å². The minimum absolute atomic E-state index is 0.0696. The van der Waals surface area contributed by atoms with Gasteiger partial charge in [-0.25, -0.2) is 4.98 Å². The van der Waals surface area contributed by atoms with E-state index in [0.717, 1.165) is 23.4 Å². The van der Waals surface area contributed by atoms with Crippen molar-refractivity contribution in [2.75, 3.05) is 0 Å². The van der Waals surface area contributed by atoms with Crippen molar-refractivity contribution in [1.82, 2.24) is 9.97 Å². The molecule has 0 saturated heterocycles. The monoisotopic (exact) mass is 244 g/mol. The lowest BCUT2D eigenvalue weighted by molar-refractivity contribution is 0.391. The highest BCUT2D eigenvalue weighted by Crippen LogP contribution is 2.31. The van der Waals surface area contributed by atoms with Crippen LogP contribution in [0.3, 0.4) is 0 Å². The summed E-state index contributed by atoms with van der Waals surface area (Å²) in [4.78, 5) is 8.44. The normalized spacial score (nSPS) is 10.4. The van der Waals surface area contributed by atoms with E-state index in [2.05, 4.69) is 9.97 Å². The lowest BCUT2D eigenvalue weighted by atomic mass is 10.2. The Morgan fingerprint density at radius 3 is 2.72 bits per heavy atom. The molecule has 4 nitrogen and oxygen atoms in total. The summed E-state index contributed by atoms with van der Waals surface area (Å²) in [5, 5.41) is 9.87. The van der Waals surface area contributed by atoms with Crippen LogP contribution in [0, 0.1) is 13.8 Å². The zero-order valence-electron chi connectivity index (χ0n) is 10.8. The summed E-state index contributed by atoms with van der Waals surface area (Å²) in [7, 11) is 0. The molecule has 0 unspecified atom stereocenters. The van der Waals surface area contributed by atoms with E-state index in [9.17, 15) is 5.11 Å². The molecule has 2 aromatic rings. The molecule has 0 aliphatic carbocycles. The maximum atomic E-state index is 9.87. The molecular formula is C14H16N2O2. The van der Waals surface area contributed by atoms with Crippen LogP contribution >= 0.6 is 0 Å². The fourth-order valence-electron chi connectivity index (χ4n) is 1.65. The highest BCUT2D eigenvalue weighted by atomic mass is 16.5. The summed E-state index contributed by atoms with van der Waals surface area (Å²) in [6.07, 6.45) is 2.38. The van der Waals surface area contributed by atoms with Crippen molar-refractivity contribution in [1.29, 1.82) is 0 Å². The van der Waals surface area contributed by atoms with Crippen LogP contribution < -0.4 is 4.74 Å². The van der Waals surface area contributed by atoms with E-state index in [-0.39, 0.29) is 11.6 Å². The first-order chi connectivity index (χ1) is 8.61. The van der Waals surface area contributed by atoms with E-state index in [1.54, 1.807) is 19.2 Å². The fraction of sp³-hybridized carbons (Fsp3) is 0.286. The van der Waals surface area contributed by atoms with E-state index in [1.165, 1.54) is 0 Å². The molecule has 0 fully saturated rings. The Morgan fingerprint density at radius 2 is 2.00 bits per heavy atom. The van der Waals surface area contributed by atoms with Crippen LogP contribution in [0.4, 0.5) is 0 Å². The Hall–Kier alpha value is -2.10. The molecule has 18 heavy (non-hydrogen) atoms. The van der Waals surface area contributed by atoms with E-state index >= 15 is 0 Å². The summed E-state index contributed by atoms with van der Waals surface area (Å²) < 4.78 is 5.64. The number of pyridine rings is 2. The number of rotatable bonds is 3. The molecule has 0 saturated carbocycles. The predicted molar refractivity (Wildman–Crippen MR) is 69.1 cm³/mol. The van der Waals surface area contributed by atoms with E-state index in [0.29, 0.717) is 5.75 Å². The van der Waals surface area contributed by atoms with Crippen molar-refractivity contribution in [3.05, 3.63) is 41.3 Å². The molecule has 0 amide bonds. The molecule has 0 atom stereocenters. The Bertz CT molecular complexity index is 568. The molecule has 2 rings (SSSR count). The summed E-state index contributed by atoms with van der Waals surface area (Å²) in [6.45, 7) is 5.75. The predicted octanol–water partition coefficient (Wildman–Crippen LogP) is 3.15. The van der Waals surface area contributed by atoms with Gasteiger partial charge in [-0.05, 0) is 44.0 Å². The molecule has 0 aliphatic heterocycles. The molecule has 4 heteroatoms. The van der Waals surface area contributed by atoms with Gasteiger partial charge in [0, 0.05) is 11.9 Å². The fourth-order valence-corrected chi connectivity index (χ4v) is 1.65. The highest BCUT2D eigenvalue weighted by Gasteiger charge is 2.11. The summed E-state index contributed by atoms with van der Waals surface area (Å²) in [5.41, 5.74) is 2.54. The lowest BCUT2D eigenvalue weighted by Gasteiger charge is -2.11. The lowest BCUT2D eigenvalue weighted by Crippen LogP contribution is -1.97. The van der Waals surface area contributed by atoms with Gasteiger partial charge < -0.3 is 9.84 Å². The zero-order chi connectivity index (χ0) is 13.1. The summed E-state index contributed by atoms with van der Waals surface area (Å²) in [6, 6.07) is 5.46. The minimum atomic E-state index is 0.0696. The quantitative estimate of drug-likeness (QED) is 0.901. The van der Waals surface area contributed by atoms with Crippen molar-refractivity contribution in [2.45, 2.75) is 27.2 Å². The van der Waals surface area contributed by atoms with Gasteiger partial charge in [0.15, 0.2) is 11.5 Å². The van der Waals surface area contributed by atoms with Gasteiger partial charge in [0.05, 0.1) is 5.69 Å². The number of aromatic hydroxyl groups is 1. The van der Waals surface area contributed by atoms with E-state index in [4.69, 9.17) is 4.74 Å². The first-order valence-electron chi connectivity index (χ1n) is 5.90. The standard InChI is InChI=1S/C14H16N2O2/c1-4-11-12(6-5-10(3)16-11)18-14-13(17)9(2)7-8-15-14/h5-8,17H,4H2,1-3H3. The molecule has 1 N–H and O–H groups in total. The van der Waals surface area contributed by atoms with Crippen LogP contribution in [0.5, 0.6) is 17.4 Å². The number of aryl methyl sites for hydroxylation is 3. The first kappa shape index (κ1) is 12.4. The van der Waals surface area contributed by atoms with Gasteiger partial charge in [0.2, 0.25) is 0 Å². The van der Waals surface area contributed by atoms with Gasteiger partial charge in [0.25, 0.3) is 5.88 Å². The van der Waals surface area contributed by atoms with Crippen molar-refractivity contribution in [3.8, 4) is 17.4 Å². The number of hydrogen-bond donors (Lipinski definition) is 1. The SMILES string of the molecule is CCc1nc(C)ccc1Oc1nccc(C)c1O. The Morgan fingerprint density at radius 1 is 1.22 bits per heavy atom. The highest BCUT2D eigenvalue weighted by molar-refractivity contribution is 5.42. The van der Waals surface area contributed by atoms with Crippen molar-refractivity contribution in [3.63, 3.8) is 0 Å². The van der Waals surface area contributed by atoms with Crippen LogP contribution in [-0.2, 0) is 6.42 Å². The summed E-state index contributed by atoms with van der Waals surface area (Å²) in [5.74, 6) is 0.923. The number of aromatic nitrogens is 2. The maximum absolute atomic E-state index is 9.87. The minimum Gasteiger partial charge on any atom is -0.503 e. The van der Waals surface area contributed by atoms with Crippen molar-refractivity contribution >= 4 is 0 Å². The molecule has 0 spiro atoms. The van der Waals surface area contributed by atoms with E-state index in [1.807, 2.05) is 26.0 Å². The van der Waals surface area contributed by atoms with Crippen molar-refractivity contribution in [2.24, 2.45) is 0 Å². The number of ether oxygens (including phenoxy) is 1. The topological polar surface area (TPSA) is 55.2 Å². The Labute approximate surface area is 106 Å². The molecule has 94 valence electrons. The molecule has 0 aromatic carbocycles. The van der Waals surface area contributed by atoms with Crippen molar-refractivity contribution < 1.29 is 9.84 Å². The third-order valence-corrected chi connectivity index (χ3v) is 2.71. The average Bonchev–Trinajstić information content (AvgIpc) is 2.37. The Balaban J connectivity index is 2.37. The maximum Gasteiger partial charge on any atom is 0.262 e. The van der Waals surface area contributed by atoms with Gasteiger partial charge >= 0.3 is 0 Å². The molecule has 2 heterocycles. The van der Waals surface area contributed by atoms with Crippen LogP contribution in [0.25, 0.3) is 0 Å². The molecule has 0 aliphatic rings. The smallest absolute Gasteiger partial charge is 0.262 e. The largest absolute Gasteiger partial charge is 0.503 e. The number of hydrogen-bond acceptors (Lipinski definition) is 4. The van der Waals surface area contributed by atoms with Crippen LogP contribution in [0.2, 0.25) is 0 Å². The third kappa shape index (κ3) is 2.42. The van der Waals surface area contributed by atoms with Gasteiger partial charge in [-0.2, -0.15) is 0 Å². The molecular weight excluding hydrogens is 228 g/mol. The Kier molecular flexibility index (Phi) is 3.46. The number of nitrogens with zero attached hydrogens (tertiary/aromatic N) is 2. The average molecular weight is 244 g/mol. The van der Waals surface area contributed by atoms with Crippen LogP contribution in [0.1, 0.15) is 23.9 Å². The first-order valence-corrected chi connectivity index (χ1v) is 5.90. The molecule has 2 aromatic heterocycles. The van der Waals surface area contributed by atoms with Crippen LogP contribution in [-0.4, -0.2) is 15.1 Å². The van der Waals surface area contributed by atoms with Gasteiger partial charge in [-0.1, -0.05) is 6.92 Å². The third-order valence-electron chi connectivity index (χ3n) is 2.71. The zero-order valence-corrected chi connectivity index (χ0v) is 10.8. The molecule has 0 radical (unpaired) electrons. The second-order valence-electron chi connectivity index (χ2n) is 4.13.